The molecule has 15 rings (SSSR count). The molecule has 9 aromatic rings. The van der Waals surface area contributed by atoms with Crippen LogP contribution in [0.25, 0.3) is 16.9 Å². The van der Waals surface area contributed by atoms with Gasteiger partial charge in [0, 0.05) is 73.4 Å². The Morgan fingerprint density at radius 3 is 1.02 bits per heavy atom. The predicted molar refractivity (Wildman–Crippen MR) is 305 cm³/mol. The van der Waals surface area contributed by atoms with Crippen LogP contribution >= 0.6 is 0 Å². The van der Waals surface area contributed by atoms with Gasteiger partial charge in [-0.1, -0.05) is 0 Å². The summed E-state index contributed by atoms with van der Waals surface area (Å²) in [6, 6.07) is 10.4. The second kappa shape index (κ2) is 22.6. The average Bonchev–Trinajstić information content (AvgIpc) is 4.57. The third-order valence-electron chi connectivity index (χ3n) is 17.0. The lowest BCUT2D eigenvalue weighted by Crippen LogP contribution is -2.33. The molecular weight excluding hydrogens is 1080 g/mol. The lowest BCUT2D eigenvalue weighted by Gasteiger charge is -2.27. The minimum Gasteiger partial charge on any atom is -0.349 e. The fourth-order valence-electron chi connectivity index (χ4n) is 12.8. The Bertz CT molecular complexity index is 3600. The smallest absolute Gasteiger partial charge is 0.256 e. The molecule has 3 N–H and O–H groups in total. The van der Waals surface area contributed by atoms with Gasteiger partial charge in [0.15, 0.2) is 16.9 Å². The van der Waals surface area contributed by atoms with Gasteiger partial charge < -0.3 is 30.7 Å². The molecule has 0 spiro atoms. The van der Waals surface area contributed by atoms with E-state index in [4.69, 9.17) is 15.0 Å². The molecule has 6 aliphatic rings. The number of hydrogen-bond acceptors (Lipinski definition) is 15. The molecule has 0 saturated carbocycles. The quantitative estimate of drug-likeness (QED) is 0.131. The summed E-state index contributed by atoms with van der Waals surface area (Å²) in [6.07, 6.45) is 23.9. The third-order valence-corrected chi connectivity index (χ3v) is 17.0. The van der Waals surface area contributed by atoms with Crippen molar-refractivity contribution in [2.75, 3.05) is 34.3 Å². The van der Waals surface area contributed by atoms with Gasteiger partial charge in [-0.05, 0) is 151 Å². The molecule has 6 bridgehead atoms. The zero-order valence-electron chi connectivity index (χ0n) is 46.8. The number of nitrogens with one attached hydrogen (secondary N) is 3. The Labute approximate surface area is 481 Å². The van der Waals surface area contributed by atoms with E-state index in [1.54, 1.807) is 50.3 Å². The molecule has 21 nitrogen and oxygen atoms in total. The Kier molecular flexibility index (Phi) is 14.6. The fraction of sp³-hybridized carbons (Fsp3) is 0.400. The molecule has 0 aromatic carbocycles. The summed E-state index contributed by atoms with van der Waals surface area (Å²) >= 11 is 0. The second-order valence-corrected chi connectivity index (χ2v) is 22.7. The van der Waals surface area contributed by atoms with E-state index < -0.39 is 0 Å². The predicted octanol–water partition coefficient (Wildman–Crippen LogP) is 8.01. The van der Waals surface area contributed by atoms with E-state index >= 15 is 0 Å². The normalized spacial score (nSPS) is 22.2. The molecule has 84 heavy (non-hydrogen) atoms. The van der Waals surface area contributed by atoms with Crippen molar-refractivity contribution in [2.45, 2.75) is 134 Å². The number of anilines is 3. The van der Waals surface area contributed by atoms with Crippen LogP contribution in [0.2, 0.25) is 0 Å². The van der Waals surface area contributed by atoms with Gasteiger partial charge in [-0.25, -0.2) is 41.7 Å². The molecule has 6 aliphatic heterocycles. The molecule has 1 unspecified atom stereocenters. The van der Waals surface area contributed by atoms with Crippen molar-refractivity contribution in [3.05, 3.63) is 160 Å². The molecule has 15 heterocycles. The molecule has 0 aliphatic carbocycles. The molecule has 3 fully saturated rings. The van der Waals surface area contributed by atoms with E-state index in [2.05, 4.69) is 60.9 Å². The topological polar surface area (TPSA) is 226 Å². The highest BCUT2D eigenvalue weighted by atomic mass is 19.1. The first-order valence-corrected chi connectivity index (χ1v) is 29.0. The SMILES string of the molecule is C[C@@H]1CCc2ncc(F)cc2C2CCCN2c2ccn3ncc(c3n2)C(=O)N1.C[C@@H]1CCc2ncc(F)cc2[C@@H]2CCCN2c2ccn3ncc(c3n2)C(=O)N1.C[C@@H]1CCc2ncc(F)cc2[C@H]2CCCN2c2ccn3ncc(c3n2)C(=O)N1. The molecule has 3 saturated heterocycles. The summed E-state index contributed by atoms with van der Waals surface area (Å²) < 4.78 is 47.0. The highest BCUT2D eigenvalue weighted by Crippen LogP contribution is 2.41. The Morgan fingerprint density at radius 2 is 0.726 bits per heavy atom. The summed E-state index contributed by atoms with van der Waals surface area (Å²) in [4.78, 5) is 72.2. The van der Waals surface area contributed by atoms with Crippen LogP contribution in [0.3, 0.4) is 0 Å². The molecule has 6 atom stereocenters. The van der Waals surface area contributed by atoms with Crippen LogP contribution in [-0.4, -0.2) is 114 Å². The van der Waals surface area contributed by atoms with Gasteiger partial charge in [0.05, 0.1) is 55.3 Å². The van der Waals surface area contributed by atoms with E-state index in [-0.39, 0.29) is 71.4 Å². The molecular formula is C60H63F3N18O3. The zero-order chi connectivity index (χ0) is 57.8. The number of hydrogen-bond donors (Lipinski definition) is 3. The van der Waals surface area contributed by atoms with Gasteiger partial charge >= 0.3 is 0 Å². The maximum Gasteiger partial charge on any atom is 0.256 e. The van der Waals surface area contributed by atoms with Crippen LogP contribution in [-0.2, 0) is 19.3 Å². The van der Waals surface area contributed by atoms with E-state index in [0.29, 0.717) is 52.9 Å². The summed E-state index contributed by atoms with van der Waals surface area (Å²) in [6.45, 7) is 8.38. The second-order valence-electron chi connectivity index (χ2n) is 22.7. The van der Waals surface area contributed by atoms with Crippen molar-refractivity contribution in [2.24, 2.45) is 0 Å². The van der Waals surface area contributed by atoms with E-state index in [0.717, 1.165) is 129 Å². The van der Waals surface area contributed by atoms with E-state index in [1.165, 1.54) is 18.6 Å². The van der Waals surface area contributed by atoms with Gasteiger partial charge in [0.2, 0.25) is 0 Å². The van der Waals surface area contributed by atoms with Gasteiger partial charge in [-0.3, -0.25) is 29.3 Å². The zero-order valence-corrected chi connectivity index (χ0v) is 46.8. The van der Waals surface area contributed by atoms with Gasteiger partial charge in [-0.2, -0.15) is 15.3 Å². The number of amides is 3. The summed E-state index contributed by atoms with van der Waals surface area (Å²) in [5, 5.41) is 21.8. The number of halogens is 3. The standard InChI is InChI=1S/3C20H21FN6O/c3*1-12-4-5-16-14(9-13(21)10-22-16)17-3-2-7-26(17)18-6-8-27-19(25-18)15(11-23-27)20(28)24-12/h3*6,8-12,17H,2-5,7H2,1H3,(H,24,28)/t12-,17?;12-,17+;12-,17-/m111/s1. The molecule has 9 aromatic heterocycles. The number of aromatic nitrogens is 12. The van der Waals surface area contributed by atoms with Crippen molar-refractivity contribution >= 4 is 52.1 Å². The first kappa shape index (κ1) is 54.2. The lowest BCUT2D eigenvalue weighted by atomic mass is 9.98. The van der Waals surface area contributed by atoms with Gasteiger partial charge in [-0.15, -0.1) is 0 Å². The maximum absolute atomic E-state index is 14.1. The molecule has 432 valence electrons. The lowest BCUT2D eigenvalue weighted by molar-refractivity contribution is 0.0931. The van der Waals surface area contributed by atoms with Crippen molar-refractivity contribution < 1.29 is 27.6 Å². The van der Waals surface area contributed by atoms with Crippen LogP contribution in [0.5, 0.6) is 0 Å². The maximum atomic E-state index is 14.1. The number of nitrogens with zero attached hydrogens (tertiary/aromatic N) is 15. The highest BCUT2D eigenvalue weighted by Gasteiger charge is 2.35. The van der Waals surface area contributed by atoms with Crippen LogP contribution in [0.15, 0.2) is 92.2 Å². The summed E-state index contributed by atoms with van der Waals surface area (Å²) in [5.41, 5.74) is 8.43. The van der Waals surface area contributed by atoms with Crippen LogP contribution < -0.4 is 30.7 Å². The largest absolute Gasteiger partial charge is 0.349 e. The van der Waals surface area contributed by atoms with Crippen molar-refractivity contribution in [3.63, 3.8) is 0 Å². The summed E-state index contributed by atoms with van der Waals surface area (Å²) in [7, 11) is 0. The average molecular weight is 1140 g/mol. The third kappa shape index (κ3) is 10.6. The Hall–Kier alpha value is -9.09. The van der Waals surface area contributed by atoms with Crippen molar-refractivity contribution in [1.82, 2.24) is 74.7 Å². The molecule has 0 radical (unpaired) electrons. The van der Waals surface area contributed by atoms with Crippen LogP contribution in [0, 0.1) is 17.5 Å². The highest BCUT2D eigenvalue weighted by molar-refractivity contribution is 6.01. The number of fused-ring (bicyclic) bond motifs is 15. The first-order valence-electron chi connectivity index (χ1n) is 29.0. The minimum atomic E-state index is -0.322. The number of carbonyl (C=O) groups is 3. The van der Waals surface area contributed by atoms with Crippen molar-refractivity contribution in [1.29, 1.82) is 0 Å². The van der Waals surface area contributed by atoms with Crippen molar-refractivity contribution in [3.8, 4) is 0 Å². The van der Waals surface area contributed by atoms with Crippen LogP contribution in [0.1, 0.15) is 162 Å². The Balaban J connectivity index is 0.000000118. The Morgan fingerprint density at radius 1 is 0.429 bits per heavy atom. The minimum absolute atomic E-state index is 0.0271. The van der Waals surface area contributed by atoms with Crippen LogP contribution in [0.4, 0.5) is 30.6 Å². The molecule has 3 amide bonds. The number of aryl methyl sites for hydroxylation is 3. The van der Waals surface area contributed by atoms with Gasteiger partial charge in [0.1, 0.15) is 51.6 Å². The van der Waals surface area contributed by atoms with E-state index in [9.17, 15) is 27.6 Å². The number of pyridine rings is 3. The van der Waals surface area contributed by atoms with Gasteiger partial charge in [0.25, 0.3) is 17.7 Å². The fourth-order valence-corrected chi connectivity index (χ4v) is 12.8. The number of carbonyl (C=O) groups excluding carboxylic acids is 3. The number of rotatable bonds is 0. The first-order chi connectivity index (χ1) is 40.8. The molecule has 24 heteroatoms. The van der Waals surface area contributed by atoms with E-state index in [1.807, 2.05) is 57.6 Å². The monoisotopic (exact) mass is 1140 g/mol. The summed E-state index contributed by atoms with van der Waals surface area (Å²) in [5.74, 6) is 0.796.